The van der Waals surface area contributed by atoms with Crippen LogP contribution in [0.4, 0.5) is 0 Å². The van der Waals surface area contributed by atoms with Gasteiger partial charge in [-0.15, -0.1) is 11.3 Å². The van der Waals surface area contributed by atoms with E-state index in [9.17, 15) is 19.5 Å². The smallest absolute Gasteiger partial charge is 0.306 e. The van der Waals surface area contributed by atoms with Crippen LogP contribution in [0.5, 0.6) is 0 Å². The zero-order chi connectivity index (χ0) is 32.0. The van der Waals surface area contributed by atoms with Crippen LogP contribution in [-0.4, -0.2) is 66.1 Å². The Labute approximate surface area is 266 Å². The molecule has 2 atom stereocenters. The van der Waals surface area contributed by atoms with Crippen LogP contribution in [0.15, 0.2) is 78.2 Å². The molecule has 0 spiro atoms. The first kappa shape index (κ1) is 32.3. The Morgan fingerprint density at radius 3 is 2.18 bits per heavy atom. The number of hydroxylamine groups is 2. The number of hydrogen-bond donors (Lipinski definition) is 2. The number of amides is 2. The molecule has 0 radical (unpaired) electrons. The van der Waals surface area contributed by atoms with Crippen LogP contribution in [0, 0.1) is 0 Å². The van der Waals surface area contributed by atoms with E-state index in [1.807, 2.05) is 86.6 Å². The second-order valence-corrected chi connectivity index (χ2v) is 11.9. The van der Waals surface area contributed by atoms with Crippen molar-refractivity contribution in [3.8, 4) is 11.1 Å². The molecule has 0 saturated carbocycles. The fraction of sp³-hybridized carbons (Fsp3) is 0.343. The predicted octanol–water partition coefficient (Wildman–Crippen LogP) is 5.76. The summed E-state index contributed by atoms with van der Waals surface area (Å²) in [5.41, 5.74) is 5.24. The molecule has 9 nitrogen and oxygen atoms in total. The van der Waals surface area contributed by atoms with Crippen molar-refractivity contribution in [1.82, 2.24) is 10.4 Å². The average Bonchev–Trinajstić information content (AvgIpc) is 3.59. The Kier molecular flexibility index (Phi) is 10.3. The number of thiophene rings is 1. The predicted molar refractivity (Wildman–Crippen MR) is 173 cm³/mol. The molecule has 0 saturated heterocycles. The van der Waals surface area contributed by atoms with Crippen molar-refractivity contribution < 1.29 is 33.8 Å². The lowest BCUT2D eigenvalue weighted by Crippen LogP contribution is -2.59. The molecule has 4 aromatic rings. The molecule has 2 N–H and O–H groups in total. The van der Waals surface area contributed by atoms with Crippen LogP contribution in [0.25, 0.3) is 21.2 Å². The molecule has 10 heteroatoms. The number of carbonyl (C=O) groups excluding carboxylic acids is 2. The molecular formula is C35H38N2O7S. The SMILES string of the molecule is CCOC(Cc1csc2ccccc12)(OCC)[C@H](C)NC(=O)C(CC(=O)O)N(C=O)OCC1c2ccccc2-c2ccccc21. The number of hydrogen-bond acceptors (Lipinski definition) is 7. The number of nitrogens with zero attached hydrogens (tertiary/aromatic N) is 1. The number of nitrogens with one attached hydrogen (secondary N) is 1. The van der Waals surface area contributed by atoms with E-state index in [1.54, 1.807) is 18.3 Å². The van der Waals surface area contributed by atoms with Crippen LogP contribution >= 0.6 is 11.3 Å². The first-order valence-electron chi connectivity index (χ1n) is 15.1. The van der Waals surface area contributed by atoms with E-state index < -0.39 is 36.2 Å². The number of rotatable bonds is 16. The molecule has 0 aliphatic heterocycles. The van der Waals surface area contributed by atoms with Gasteiger partial charge in [0.1, 0.15) is 6.04 Å². The Bertz CT molecular complexity index is 1600. The maximum absolute atomic E-state index is 13.8. The highest BCUT2D eigenvalue weighted by atomic mass is 32.1. The largest absolute Gasteiger partial charge is 0.481 e. The Morgan fingerprint density at radius 2 is 1.58 bits per heavy atom. The van der Waals surface area contributed by atoms with Crippen molar-refractivity contribution in [2.75, 3.05) is 19.8 Å². The van der Waals surface area contributed by atoms with Gasteiger partial charge in [0.05, 0.1) is 19.1 Å². The molecule has 3 aromatic carbocycles. The molecule has 1 aromatic heterocycles. The minimum absolute atomic E-state index is 0.0405. The number of fused-ring (bicyclic) bond motifs is 4. The molecule has 236 valence electrons. The van der Waals surface area contributed by atoms with Gasteiger partial charge in [0.15, 0.2) is 5.79 Å². The van der Waals surface area contributed by atoms with Gasteiger partial charge in [0.2, 0.25) is 12.3 Å². The van der Waals surface area contributed by atoms with Gasteiger partial charge in [0, 0.05) is 30.3 Å². The number of carboxylic acid groups (broad SMARTS) is 1. The Balaban J connectivity index is 1.36. The topological polar surface area (TPSA) is 114 Å². The Morgan fingerprint density at radius 1 is 0.978 bits per heavy atom. The van der Waals surface area contributed by atoms with Crippen LogP contribution in [-0.2, 0) is 35.1 Å². The zero-order valence-electron chi connectivity index (χ0n) is 25.6. The molecule has 1 aliphatic carbocycles. The third-order valence-corrected chi connectivity index (χ3v) is 9.24. The lowest BCUT2D eigenvalue weighted by Gasteiger charge is -2.39. The minimum Gasteiger partial charge on any atom is -0.481 e. The van der Waals surface area contributed by atoms with Crippen molar-refractivity contribution in [3.05, 3.63) is 94.9 Å². The van der Waals surface area contributed by atoms with Gasteiger partial charge in [-0.25, -0.2) is 5.06 Å². The minimum atomic E-state index is -1.43. The number of aliphatic carboxylic acids is 1. The number of benzene rings is 3. The van der Waals surface area contributed by atoms with Gasteiger partial charge in [-0.1, -0.05) is 66.7 Å². The van der Waals surface area contributed by atoms with E-state index >= 15 is 0 Å². The van der Waals surface area contributed by atoms with Crippen molar-refractivity contribution in [3.63, 3.8) is 0 Å². The van der Waals surface area contributed by atoms with Crippen molar-refractivity contribution in [2.45, 2.75) is 57.4 Å². The summed E-state index contributed by atoms with van der Waals surface area (Å²) in [6.07, 6.45) is 0.0547. The summed E-state index contributed by atoms with van der Waals surface area (Å²) in [5, 5.41) is 16.6. The van der Waals surface area contributed by atoms with Crippen LogP contribution in [0.3, 0.4) is 0 Å². The highest BCUT2D eigenvalue weighted by Gasteiger charge is 2.42. The fourth-order valence-electron chi connectivity index (χ4n) is 6.15. The third kappa shape index (κ3) is 6.79. The molecule has 0 bridgehead atoms. The van der Waals surface area contributed by atoms with Crippen molar-refractivity contribution in [1.29, 1.82) is 0 Å². The van der Waals surface area contributed by atoms with Gasteiger partial charge in [-0.2, -0.15) is 0 Å². The van der Waals surface area contributed by atoms with E-state index in [4.69, 9.17) is 14.3 Å². The van der Waals surface area contributed by atoms with Gasteiger partial charge >= 0.3 is 5.97 Å². The maximum atomic E-state index is 13.8. The molecule has 2 amide bonds. The Hall–Kier alpha value is -4.09. The van der Waals surface area contributed by atoms with Gasteiger partial charge < -0.3 is 19.9 Å². The van der Waals surface area contributed by atoms with E-state index in [0.717, 1.165) is 43.0 Å². The molecule has 5 rings (SSSR count). The lowest BCUT2D eigenvalue weighted by atomic mass is 9.97. The summed E-state index contributed by atoms with van der Waals surface area (Å²) in [4.78, 5) is 44.0. The lowest BCUT2D eigenvalue weighted by molar-refractivity contribution is -0.247. The van der Waals surface area contributed by atoms with Crippen molar-refractivity contribution >= 4 is 39.7 Å². The summed E-state index contributed by atoms with van der Waals surface area (Å²) in [5.74, 6) is -3.39. The molecule has 1 unspecified atom stereocenters. The van der Waals surface area contributed by atoms with Crippen LogP contribution < -0.4 is 5.32 Å². The number of carboxylic acids is 1. The van der Waals surface area contributed by atoms with Crippen LogP contribution in [0.2, 0.25) is 0 Å². The molecular weight excluding hydrogens is 592 g/mol. The summed E-state index contributed by atoms with van der Waals surface area (Å²) in [6.45, 7) is 6.13. The highest BCUT2D eigenvalue weighted by Crippen LogP contribution is 2.44. The first-order valence-corrected chi connectivity index (χ1v) is 16.0. The van der Waals surface area contributed by atoms with Gasteiger partial charge in [-0.3, -0.25) is 19.2 Å². The highest BCUT2D eigenvalue weighted by molar-refractivity contribution is 7.17. The number of ether oxygens (including phenoxy) is 2. The zero-order valence-corrected chi connectivity index (χ0v) is 26.4. The quantitative estimate of drug-likeness (QED) is 0.0919. The van der Waals surface area contributed by atoms with E-state index in [-0.39, 0.29) is 12.5 Å². The average molecular weight is 631 g/mol. The first-order chi connectivity index (χ1) is 21.8. The normalized spacial score (nSPS) is 14.0. The summed E-state index contributed by atoms with van der Waals surface area (Å²) >= 11 is 1.62. The van der Waals surface area contributed by atoms with Crippen LogP contribution in [0.1, 0.15) is 49.8 Å². The molecule has 1 heterocycles. The molecule has 0 fully saturated rings. The summed E-state index contributed by atoms with van der Waals surface area (Å²) in [7, 11) is 0. The maximum Gasteiger partial charge on any atom is 0.306 e. The third-order valence-electron chi connectivity index (χ3n) is 8.23. The summed E-state index contributed by atoms with van der Waals surface area (Å²) in [6, 6.07) is 21.8. The van der Waals surface area contributed by atoms with E-state index in [0.29, 0.717) is 26.0 Å². The molecule has 45 heavy (non-hydrogen) atoms. The number of carbonyl (C=O) groups is 3. The summed E-state index contributed by atoms with van der Waals surface area (Å²) < 4.78 is 13.6. The standard InChI is InChI=1S/C35H38N2O7S/c1-4-42-35(43-5-2,19-24-21-45-32-17-11-10-12-25(24)32)23(3)36-34(41)31(18-33(39)40)37(22-38)44-20-30-28-15-8-6-13-26(28)27-14-7-9-16-29(27)30/h6-17,21-23,30-31H,4-5,18-20H2,1-3H3,(H,36,41)(H,39,40)/t23-,31?/m0/s1. The fourth-order valence-corrected chi connectivity index (χ4v) is 7.11. The van der Waals surface area contributed by atoms with E-state index in [2.05, 4.69) is 10.7 Å². The second kappa shape index (κ2) is 14.3. The van der Waals surface area contributed by atoms with Crippen molar-refractivity contribution in [2.24, 2.45) is 0 Å². The van der Waals surface area contributed by atoms with Gasteiger partial charge in [-0.05, 0) is 65.4 Å². The molecule has 1 aliphatic rings. The second-order valence-electron chi connectivity index (χ2n) is 10.9. The monoisotopic (exact) mass is 630 g/mol. The van der Waals surface area contributed by atoms with E-state index in [1.165, 1.54) is 0 Å². The van der Waals surface area contributed by atoms with Gasteiger partial charge in [0.25, 0.3) is 0 Å².